The van der Waals surface area contributed by atoms with Crippen molar-refractivity contribution in [3.63, 3.8) is 0 Å². The predicted octanol–water partition coefficient (Wildman–Crippen LogP) is 2.24. The molecule has 1 N–H and O–H groups in total. The average molecular weight is 288 g/mol. The molecule has 5 heteroatoms. The highest BCUT2D eigenvalue weighted by Gasteiger charge is 2.30. The van der Waals surface area contributed by atoms with Gasteiger partial charge in [-0.15, -0.1) is 0 Å². The highest BCUT2D eigenvalue weighted by molar-refractivity contribution is 5.86. The summed E-state index contributed by atoms with van der Waals surface area (Å²) >= 11 is 0. The second kappa shape index (κ2) is 7.74. The molecule has 0 saturated carbocycles. The number of ether oxygens (including phenoxy) is 2. The largest absolute Gasteiger partial charge is 0.469 e. The molecule has 0 aliphatic heterocycles. The van der Waals surface area contributed by atoms with E-state index in [0.717, 1.165) is 0 Å². The van der Waals surface area contributed by atoms with Crippen molar-refractivity contribution in [2.24, 2.45) is 0 Å². The molecule has 118 valence electrons. The van der Waals surface area contributed by atoms with Gasteiger partial charge in [-0.25, -0.2) is 0 Å². The highest BCUT2D eigenvalue weighted by atomic mass is 16.5. The quantitative estimate of drug-likeness (QED) is 0.659. The SMILES string of the molecule is COC(=O)CC(C)OC(C)(C)C(=O)CCCC(C)(C)O. The maximum absolute atomic E-state index is 12.1. The molecule has 1 unspecified atom stereocenters. The maximum Gasteiger partial charge on any atom is 0.308 e. The van der Waals surface area contributed by atoms with Crippen molar-refractivity contribution in [2.75, 3.05) is 7.11 Å². The van der Waals surface area contributed by atoms with E-state index in [9.17, 15) is 14.7 Å². The second-order valence-electron chi connectivity index (χ2n) is 6.31. The standard InChI is InChI=1S/C15H28O5/c1-11(10-13(17)19-6)20-15(4,5)12(16)8-7-9-14(2,3)18/h11,18H,7-10H2,1-6H3. The van der Waals surface area contributed by atoms with Crippen molar-refractivity contribution in [1.82, 2.24) is 0 Å². The zero-order valence-electron chi connectivity index (χ0n) is 13.5. The lowest BCUT2D eigenvalue weighted by molar-refractivity contribution is -0.155. The molecule has 0 rings (SSSR count). The minimum Gasteiger partial charge on any atom is -0.469 e. The monoisotopic (exact) mass is 288 g/mol. The van der Waals surface area contributed by atoms with E-state index in [1.54, 1.807) is 34.6 Å². The van der Waals surface area contributed by atoms with Gasteiger partial charge in [-0.3, -0.25) is 9.59 Å². The highest BCUT2D eigenvalue weighted by Crippen LogP contribution is 2.20. The smallest absolute Gasteiger partial charge is 0.308 e. The van der Waals surface area contributed by atoms with Crippen LogP contribution in [0, 0.1) is 0 Å². The van der Waals surface area contributed by atoms with Crippen LogP contribution in [0.2, 0.25) is 0 Å². The summed E-state index contributed by atoms with van der Waals surface area (Å²) in [5, 5.41) is 9.61. The second-order valence-corrected chi connectivity index (χ2v) is 6.31. The zero-order chi connectivity index (χ0) is 16.0. The average Bonchev–Trinajstić information content (AvgIpc) is 2.25. The normalized spacial score (nSPS) is 13.9. The van der Waals surface area contributed by atoms with Gasteiger partial charge < -0.3 is 14.6 Å². The molecule has 0 spiro atoms. The van der Waals surface area contributed by atoms with E-state index in [0.29, 0.717) is 19.3 Å². The molecule has 0 aliphatic carbocycles. The number of carbonyl (C=O) groups is 2. The molecule has 0 bridgehead atoms. The lowest BCUT2D eigenvalue weighted by atomic mass is 9.94. The lowest BCUT2D eigenvalue weighted by Crippen LogP contribution is -2.38. The summed E-state index contributed by atoms with van der Waals surface area (Å²) in [6.07, 6.45) is 1.27. The Morgan fingerprint density at radius 3 is 2.20 bits per heavy atom. The van der Waals surface area contributed by atoms with Crippen molar-refractivity contribution in [2.45, 2.75) is 77.6 Å². The fourth-order valence-corrected chi connectivity index (χ4v) is 1.91. The van der Waals surface area contributed by atoms with Crippen LogP contribution in [0.5, 0.6) is 0 Å². The molecule has 0 fully saturated rings. The topological polar surface area (TPSA) is 72.8 Å². The van der Waals surface area contributed by atoms with Gasteiger partial charge in [-0.05, 0) is 47.5 Å². The van der Waals surface area contributed by atoms with E-state index in [2.05, 4.69) is 4.74 Å². The number of carbonyl (C=O) groups excluding carboxylic acids is 2. The van der Waals surface area contributed by atoms with Gasteiger partial charge in [0, 0.05) is 6.42 Å². The molecular weight excluding hydrogens is 260 g/mol. The number of rotatable bonds is 9. The molecule has 5 nitrogen and oxygen atoms in total. The van der Waals surface area contributed by atoms with Gasteiger partial charge in [-0.1, -0.05) is 0 Å². The van der Waals surface area contributed by atoms with Crippen LogP contribution in [0.4, 0.5) is 0 Å². The zero-order valence-corrected chi connectivity index (χ0v) is 13.5. The van der Waals surface area contributed by atoms with Crippen LogP contribution in [0.15, 0.2) is 0 Å². The predicted molar refractivity (Wildman–Crippen MR) is 76.4 cm³/mol. The van der Waals surface area contributed by atoms with E-state index in [-0.39, 0.29) is 24.3 Å². The Kier molecular flexibility index (Phi) is 7.38. The van der Waals surface area contributed by atoms with Gasteiger partial charge in [0.1, 0.15) is 5.60 Å². The van der Waals surface area contributed by atoms with E-state index in [1.165, 1.54) is 7.11 Å². The first-order chi connectivity index (χ1) is 8.98. The third-order valence-electron chi connectivity index (χ3n) is 3.04. The summed E-state index contributed by atoms with van der Waals surface area (Å²) in [5.41, 5.74) is -1.70. The van der Waals surface area contributed by atoms with Crippen molar-refractivity contribution < 1.29 is 24.2 Å². The first-order valence-corrected chi connectivity index (χ1v) is 6.98. The van der Waals surface area contributed by atoms with Gasteiger partial charge in [-0.2, -0.15) is 0 Å². The van der Waals surface area contributed by atoms with Gasteiger partial charge in [0.2, 0.25) is 0 Å². The number of ketones is 1. The Morgan fingerprint density at radius 2 is 1.75 bits per heavy atom. The van der Waals surface area contributed by atoms with E-state index >= 15 is 0 Å². The molecule has 0 heterocycles. The van der Waals surface area contributed by atoms with Crippen molar-refractivity contribution in [3.05, 3.63) is 0 Å². The summed E-state index contributed by atoms with van der Waals surface area (Å²) in [4.78, 5) is 23.3. The fraction of sp³-hybridized carbons (Fsp3) is 0.867. The lowest BCUT2D eigenvalue weighted by Gasteiger charge is -2.28. The number of esters is 1. The first-order valence-electron chi connectivity index (χ1n) is 6.98. The van der Waals surface area contributed by atoms with Crippen LogP contribution in [-0.4, -0.2) is 41.3 Å². The summed E-state index contributed by atoms with van der Waals surface area (Å²) in [6, 6.07) is 0. The Hall–Kier alpha value is -0.940. The third kappa shape index (κ3) is 8.27. The Balaban J connectivity index is 4.27. The van der Waals surface area contributed by atoms with Gasteiger partial charge in [0.15, 0.2) is 5.78 Å². The summed E-state index contributed by atoms with van der Waals surface area (Å²) < 4.78 is 10.2. The van der Waals surface area contributed by atoms with E-state index < -0.39 is 11.2 Å². The maximum atomic E-state index is 12.1. The Morgan fingerprint density at radius 1 is 1.20 bits per heavy atom. The number of Topliss-reactive ketones (excluding diaryl/α,β-unsaturated/α-hetero) is 1. The van der Waals surface area contributed by atoms with Gasteiger partial charge in [0.25, 0.3) is 0 Å². The van der Waals surface area contributed by atoms with Gasteiger partial charge in [0.05, 0.1) is 25.2 Å². The molecule has 0 aromatic carbocycles. The summed E-state index contributed by atoms with van der Waals surface area (Å²) in [7, 11) is 1.32. The molecule has 0 aromatic rings. The summed E-state index contributed by atoms with van der Waals surface area (Å²) in [5.74, 6) is -0.388. The van der Waals surface area contributed by atoms with Crippen LogP contribution in [0.3, 0.4) is 0 Å². The number of hydrogen-bond acceptors (Lipinski definition) is 5. The molecule has 1 atom stereocenters. The molecule has 0 saturated heterocycles. The van der Waals surface area contributed by atoms with Crippen molar-refractivity contribution in [3.8, 4) is 0 Å². The number of aliphatic hydroxyl groups is 1. The minimum absolute atomic E-state index is 0.0292. The van der Waals surface area contributed by atoms with Crippen molar-refractivity contribution in [1.29, 1.82) is 0 Å². The van der Waals surface area contributed by atoms with Gasteiger partial charge >= 0.3 is 5.97 Å². The number of methoxy groups -OCH3 is 1. The van der Waals surface area contributed by atoms with E-state index in [1.807, 2.05) is 0 Å². The minimum atomic E-state index is -0.937. The van der Waals surface area contributed by atoms with E-state index in [4.69, 9.17) is 4.74 Å². The van der Waals surface area contributed by atoms with Crippen LogP contribution in [0.25, 0.3) is 0 Å². The fourth-order valence-electron chi connectivity index (χ4n) is 1.91. The Bertz CT molecular complexity index is 328. The van der Waals surface area contributed by atoms with Crippen LogP contribution in [0.1, 0.15) is 60.3 Å². The molecule has 0 aliphatic rings. The number of hydrogen-bond donors (Lipinski definition) is 1. The van der Waals surface area contributed by atoms with Crippen LogP contribution < -0.4 is 0 Å². The molecule has 0 radical (unpaired) electrons. The van der Waals surface area contributed by atoms with Crippen LogP contribution >= 0.6 is 0 Å². The van der Waals surface area contributed by atoms with Crippen LogP contribution in [-0.2, 0) is 19.1 Å². The van der Waals surface area contributed by atoms with Crippen molar-refractivity contribution >= 4 is 11.8 Å². The first kappa shape index (κ1) is 19.1. The molecule has 0 amide bonds. The molecule has 20 heavy (non-hydrogen) atoms. The molecule has 0 aromatic heterocycles. The molecular formula is C15H28O5. The Labute approximate surface area is 121 Å². The third-order valence-corrected chi connectivity index (χ3v) is 3.04. The summed E-state index contributed by atoms with van der Waals surface area (Å²) in [6.45, 7) is 8.58.